The zero-order valence-corrected chi connectivity index (χ0v) is 9.40. The number of benzene rings is 1. The van der Waals surface area contributed by atoms with Crippen molar-refractivity contribution in [1.29, 1.82) is 0 Å². The van der Waals surface area contributed by atoms with Crippen LogP contribution in [0.15, 0.2) is 24.3 Å². The summed E-state index contributed by atoms with van der Waals surface area (Å²) in [5.41, 5.74) is 1.17. The number of rotatable bonds is 0. The average Bonchev–Trinajstić information content (AvgIpc) is 2.00. The van der Waals surface area contributed by atoms with Gasteiger partial charge < -0.3 is 5.11 Å². The van der Waals surface area contributed by atoms with Gasteiger partial charge in [0.1, 0.15) is 5.75 Å². The Morgan fingerprint density at radius 1 is 1.10 bits per heavy atom. The Labute approximate surface area is 76.0 Å². The Hall–Kier alpha value is 0.0590. The molecule has 0 aliphatic heterocycles. The van der Waals surface area contributed by atoms with Gasteiger partial charge in [0.15, 0.2) is 0 Å². The van der Waals surface area contributed by atoms with E-state index in [1.165, 1.54) is 5.56 Å². The van der Waals surface area contributed by atoms with Crippen LogP contribution in [0.4, 0.5) is 0 Å². The van der Waals surface area contributed by atoms with E-state index >= 15 is 0 Å². The summed E-state index contributed by atoms with van der Waals surface area (Å²) >= 11 is 4.50. The van der Waals surface area contributed by atoms with Crippen LogP contribution in [-0.4, -0.2) is 33.5 Å². The molecule has 0 aliphatic rings. The summed E-state index contributed by atoms with van der Waals surface area (Å²) < 4.78 is 0. The molecular weight excluding hydrogens is 258 g/mol. The number of phenols is 1. The van der Waals surface area contributed by atoms with Gasteiger partial charge in [0.25, 0.3) is 0 Å². The van der Waals surface area contributed by atoms with Gasteiger partial charge in [0, 0.05) is 0 Å². The fourth-order valence-electron chi connectivity index (χ4n) is 0.545. The fourth-order valence-corrected chi connectivity index (χ4v) is 0.545. The number of hydrogen-bond donors (Lipinski definition) is 1. The van der Waals surface area contributed by atoms with Crippen LogP contribution in [0.2, 0.25) is 0 Å². The maximum absolute atomic E-state index is 8.76. The van der Waals surface area contributed by atoms with Gasteiger partial charge in [-0.2, -0.15) is 0 Å². The molecule has 0 bridgehead atoms. The monoisotopic (exact) mass is 270 g/mol. The third-order valence-corrected chi connectivity index (χ3v) is 1.03. The third kappa shape index (κ3) is 3.97. The number of aromatic hydroxyl groups is 1. The first-order valence-electron chi connectivity index (χ1n) is 2.74. The van der Waals surface area contributed by atoms with Crippen molar-refractivity contribution in [1.82, 2.24) is 0 Å². The molecule has 1 rings (SSSR count). The van der Waals surface area contributed by atoms with E-state index in [0.717, 1.165) is 0 Å². The number of phenolic OH excluding ortho intramolecular Hbond substituents is 1. The molecule has 3 heteroatoms. The third-order valence-electron chi connectivity index (χ3n) is 1.03. The normalized spacial score (nSPS) is 7.90. The summed E-state index contributed by atoms with van der Waals surface area (Å²) in [5.74, 6) is 0.329. The zero-order chi connectivity index (χ0) is 7.98. The molecule has 0 fully saturated rings. The van der Waals surface area contributed by atoms with Gasteiger partial charge in [-0.1, -0.05) is 17.7 Å². The Bertz CT molecular complexity index is 150. The van der Waals surface area contributed by atoms with Crippen LogP contribution >= 0.6 is 0 Å². The van der Waals surface area contributed by atoms with Crippen LogP contribution in [0, 0.1) is 6.92 Å². The molecule has 0 amide bonds. The second-order valence-electron chi connectivity index (χ2n) is 1.84. The SMILES string of the molecule is Cc1ccc(O)cc1.[SeH][SeH]. The molecule has 56 valence electrons. The topological polar surface area (TPSA) is 20.2 Å². The quantitative estimate of drug-likeness (QED) is 0.675. The van der Waals surface area contributed by atoms with Crippen molar-refractivity contribution < 1.29 is 5.11 Å². The van der Waals surface area contributed by atoms with E-state index < -0.39 is 0 Å². The van der Waals surface area contributed by atoms with Crippen molar-refractivity contribution in [3.8, 4) is 5.75 Å². The first-order valence-corrected chi connectivity index (χ1v) is 7.94. The summed E-state index contributed by atoms with van der Waals surface area (Å²) in [7, 11) is 0. The van der Waals surface area contributed by atoms with Crippen molar-refractivity contribution in [3.05, 3.63) is 29.8 Å². The Morgan fingerprint density at radius 2 is 1.50 bits per heavy atom. The molecule has 1 N–H and O–H groups in total. The molecule has 0 radical (unpaired) electrons. The van der Waals surface area contributed by atoms with Crippen LogP contribution in [0.25, 0.3) is 0 Å². The van der Waals surface area contributed by atoms with Crippen LogP contribution < -0.4 is 0 Å². The Kier molecular flexibility index (Phi) is 5.85. The predicted molar refractivity (Wildman–Crippen MR) is 47.1 cm³/mol. The molecule has 0 unspecified atom stereocenters. The molecule has 10 heavy (non-hydrogen) atoms. The first-order chi connectivity index (χ1) is 4.79. The molecule has 0 atom stereocenters. The predicted octanol–water partition coefficient (Wildman–Crippen LogP) is 0.404. The molecule has 0 aliphatic carbocycles. The molecule has 1 nitrogen and oxygen atoms in total. The number of aryl methyl sites for hydroxylation is 1. The van der Waals surface area contributed by atoms with Gasteiger partial charge in [0.05, 0.1) is 0 Å². The van der Waals surface area contributed by atoms with E-state index in [9.17, 15) is 0 Å². The van der Waals surface area contributed by atoms with Gasteiger partial charge in [-0.3, -0.25) is 0 Å². The van der Waals surface area contributed by atoms with Crippen LogP contribution in [0.5, 0.6) is 5.75 Å². The Morgan fingerprint density at radius 3 is 1.80 bits per heavy atom. The zero-order valence-electron chi connectivity index (χ0n) is 5.65. The summed E-state index contributed by atoms with van der Waals surface area (Å²) in [6, 6.07) is 7.09. The molecule has 1 aromatic carbocycles. The first kappa shape index (κ1) is 10.1. The molecule has 0 saturated carbocycles. The minimum atomic E-state index is 0.329. The van der Waals surface area contributed by atoms with E-state index in [-0.39, 0.29) is 0 Å². The van der Waals surface area contributed by atoms with Gasteiger partial charge >= 0.3 is 28.4 Å². The maximum atomic E-state index is 8.76. The van der Waals surface area contributed by atoms with E-state index in [0.29, 0.717) is 5.75 Å². The molecule has 0 aromatic heterocycles. The van der Waals surface area contributed by atoms with E-state index in [1.54, 1.807) is 12.1 Å². The van der Waals surface area contributed by atoms with Crippen LogP contribution in [-0.2, 0) is 0 Å². The molecule has 1 aromatic rings. The fraction of sp³-hybridized carbons (Fsp3) is 0.143. The molecular formula is C7H10OSe2. The molecule has 0 heterocycles. The second kappa shape index (κ2) is 5.81. The standard InChI is InChI=1S/C7H8O.H2Se2/c1-6-2-4-7(8)5-3-6;1-2/h2-5,8H,1H3;1-2H. The molecule has 0 saturated heterocycles. The van der Waals surface area contributed by atoms with E-state index in [4.69, 9.17) is 5.11 Å². The van der Waals surface area contributed by atoms with Crippen molar-refractivity contribution in [2.45, 2.75) is 6.92 Å². The van der Waals surface area contributed by atoms with Crippen LogP contribution in [0.3, 0.4) is 0 Å². The van der Waals surface area contributed by atoms with Gasteiger partial charge in [-0.05, 0) is 19.1 Å². The summed E-state index contributed by atoms with van der Waals surface area (Å²) in [6.07, 6.45) is 0. The molecule has 0 spiro atoms. The van der Waals surface area contributed by atoms with Gasteiger partial charge in [-0.25, -0.2) is 0 Å². The van der Waals surface area contributed by atoms with Gasteiger partial charge in [-0.15, -0.1) is 0 Å². The van der Waals surface area contributed by atoms with Crippen LogP contribution in [0.1, 0.15) is 5.56 Å². The second-order valence-corrected chi connectivity index (χ2v) is 1.84. The van der Waals surface area contributed by atoms with Crippen molar-refractivity contribution in [2.75, 3.05) is 0 Å². The average molecular weight is 268 g/mol. The summed E-state index contributed by atoms with van der Waals surface area (Å²) in [4.78, 5) is 0. The van der Waals surface area contributed by atoms with Crippen molar-refractivity contribution >= 4 is 28.4 Å². The van der Waals surface area contributed by atoms with Crippen molar-refractivity contribution in [2.24, 2.45) is 0 Å². The summed E-state index contributed by atoms with van der Waals surface area (Å²) in [6.45, 7) is 1.99. The van der Waals surface area contributed by atoms with Gasteiger partial charge in [0.2, 0.25) is 0 Å². The van der Waals surface area contributed by atoms with E-state index in [2.05, 4.69) is 28.4 Å². The van der Waals surface area contributed by atoms with Crippen molar-refractivity contribution in [3.63, 3.8) is 0 Å². The minimum absolute atomic E-state index is 0.329. The van der Waals surface area contributed by atoms with E-state index in [1.807, 2.05) is 19.1 Å². The number of hydrogen-bond acceptors (Lipinski definition) is 1. The Balaban J connectivity index is 0.000000371. The summed E-state index contributed by atoms with van der Waals surface area (Å²) in [5, 5.41) is 8.76.